The van der Waals surface area contributed by atoms with Gasteiger partial charge in [-0.05, 0) is 29.3 Å². The molecule has 2 fully saturated rings. The van der Waals surface area contributed by atoms with Gasteiger partial charge in [0.15, 0.2) is 0 Å². The highest BCUT2D eigenvalue weighted by Gasteiger charge is 2.34. The first-order chi connectivity index (χ1) is 9.24. The Labute approximate surface area is 122 Å². The maximum absolute atomic E-state index is 5.43. The van der Waals surface area contributed by atoms with Crippen molar-refractivity contribution in [2.24, 2.45) is 0 Å². The third kappa shape index (κ3) is 2.90. The Bertz CT molecular complexity index is 421. The summed E-state index contributed by atoms with van der Waals surface area (Å²) < 4.78 is 6.21. The second kappa shape index (κ2) is 5.73. The Balaban J connectivity index is 1.69. The first kappa shape index (κ1) is 13.3. The van der Waals surface area contributed by atoms with Crippen LogP contribution in [0.5, 0.6) is 0 Å². The zero-order valence-corrected chi connectivity index (χ0v) is 12.7. The molecule has 0 aliphatic carbocycles. The van der Waals surface area contributed by atoms with Crippen LogP contribution >= 0.6 is 15.9 Å². The van der Waals surface area contributed by atoms with Crippen molar-refractivity contribution in [1.82, 2.24) is 14.9 Å². The van der Waals surface area contributed by atoms with Gasteiger partial charge in [-0.2, -0.15) is 0 Å². The predicted molar refractivity (Wildman–Crippen MR) is 77.3 cm³/mol. The largest absolute Gasteiger partial charge is 0.379 e. The summed E-state index contributed by atoms with van der Waals surface area (Å²) in [6, 6.07) is 1.13. The zero-order chi connectivity index (χ0) is 13.2. The number of aromatic nitrogens is 2. The fraction of sp³-hybridized carbons (Fsp3) is 0.692. The average molecular weight is 327 g/mol. The van der Waals surface area contributed by atoms with Crippen LogP contribution < -0.4 is 4.90 Å². The highest BCUT2D eigenvalue weighted by atomic mass is 79.9. The van der Waals surface area contributed by atoms with Gasteiger partial charge in [0.05, 0.1) is 25.6 Å². The summed E-state index contributed by atoms with van der Waals surface area (Å²) in [6.45, 7) is 7.14. The molecule has 0 aromatic carbocycles. The molecule has 1 aromatic heterocycles. The fourth-order valence-electron chi connectivity index (χ4n) is 2.98. The molecular formula is C13H19BrN4O. The lowest BCUT2D eigenvalue weighted by atomic mass is 10.1. The van der Waals surface area contributed by atoms with Gasteiger partial charge >= 0.3 is 0 Å². The quantitative estimate of drug-likeness (QED) is 0.824. The average Bonchev–Trinajstić information content (AvgIpc) is 2.83. The van der Waals surface area contributed by atoms with Crippen LogP contribution in [0.3, 0.4) is 0 Å². The number of ether oxygens (including phenoxy) is 1. The van der Waals surface area contributed by atoms with E-state index in [9.17, 15) is 0 Å². The number of hydrogen-bond donors (Lipinski definition) is 0. The van der Waals surface area contributed by atoms with Crippen molar-refractivity contribution in [3.05, 3.63) is 17.0 Å². The van der Waals surface area contributed by atoms with Gasteiger partial charge in [-0.15, -0.1) is 0 Å². The van der Waals surface area contributed by atoms with Gasteiger partial charge < -0.3 is 9.64 Å². The minimum Gasteiger partial charge on any atom is -0.379 e. The third-order valence-electron chi connectivity index (χ3n) is 4.02. The predicted octanol–water partition coefficient (Wildman–Crippen LogP) is 1.54. The first-order valence-corrected chi connectivity index (χ1v) is 7.59. The number of hydrogen-bond acceptors (Lipinski definition) is 5. The van der Waals surface area contributed by atoms with Crippen LogP contribution in [0.25, 0.3) is 0 Å². The van der Waals surface area contributed by atoms with Crippen molar-refractivity contribution in [3.8, 4) is 0 Å². The van der Waals surface area contributed by atoms with Gasteiger partial charge in [0.25, 0.3) is 0 Å². The zero-order valence-electron chi connectivity index (χ0n) is 11.1. The van der Waals surface area contributed by atoms with E-state index >= 15 is 0 Å². The standard InChI is InChI=1S/C13H19BrN4O/c1-10-6-11(17-2-4-19-5-3-17)9-18(10)13-8-15-12(14)7-16-13/h7-8,10-11H,2-6,9H2,1H3. The van der Waals surface area contributed by atoms with Crippen LogP contribution in [0.2, 0.25) is 0 Å². The smallest absolute Gasteiger partial charge is 0.147 e. The van der Waals surface area contributed by atoms with Crippen LogP contribution in [0.15, 0.2) is 17.0 Å². The van der Waals surface area contributed by atoms with E-state index in [-0.39, 0.29) is 0 Å². The van der Waals surface area contributed by atoms with Crippen molar-refractivity contribution in [1.29, 1.82) is 0 Å². The van der Waals surface area contributed by atoms with Gasteiger partial charge in [0.1, 0.15) is 10.4 Å². The molecule has 1 aromatic rings. The molecule has 0 spiro atoms. The monoisotopic (exact) mass is 326 g/mol. The Morgan fingerprint density at radius 1 is 1.26 bits per heavy atom. The second-order valence-electron chi connectivity index (χ2n) is 5.24. The maximum atomic E-state index is 5.43. The molecule has 0 radical (unpaired) electrons. The normalized spacial score (nSPS) is 28.8. The minimum atomic E-state index is 0.517. The molecule has 19 heavy (non-hydrogen) atoms. The van der Waals surface area contributed by atoms with Crippen LogP contribution in [0.4, 0.5) is 5.82 Å². The molecule has 6 heteroatoms. The summed E-state index contributed by atoms with van der Waals surface area (Å²) in [5, 5.41) is 0. The van der Waals surface area contributed by atoms with Crippen LogP contribution in [0, 0.1) is 0 Å². The molecule has 104 valence electrons. The molecule has 2 saturated heterocycles. The number of nitrogens with zero attached hydrogens (tertiary/aromatic N) is 4. The van der Waals surface area contributed by atoms with E-state index in [0.717, 1.165) is 43.3 Å². The molecule has 0 N–H and O–H groups in total. The number of halogens is 1. The summed E-state index contributed by atoms with van der Waals surface area (Å²) in [7, 11) is 0. The molecule has 0 amide bonds. The third-order valence-corrected chi connectivity index (χ3v) is 4.43. The molecule has 2 aliphatic heterocycles. The number of morpholine rings is 1. The van der Waals surface area contributed by atoms with Gasteiger partial charge in [-0.3, -0.25) is 4.90 Å². The highest BCUT2D eigenvalue weighted by Crippen LogP contribution is 2.27. The Kier molecular flexibility index (Phi) is 4.00. The molecule has 3 rings (SSSR count). The fourth-order valence-corrected chi connectivity index (χ4v) is 3.19. The van der Waals surface area contributed by atoms with Gasteiger partial charge in [0.2, 0.25) is 0 Å². The van der Waals surface area contributed by atoms with Crippen LogP contribution in [-0.2, 0) is 4.74 Å². The molecule has 0 bridgehead atoms. The summed E-state index contributed by atoms with van der Waals surface area (Å²) >= 11 is 3.33. The Morgan fingerprint density at radius 2 is 2.05 bits per heavy atom. The highest BCUT2D eigenvalue weighted by molar-refractivity contribution is 9.10. The lowest BCUT2D eigenvalue weighted by Crippen LogP contribution is -2.44. The number of anilines is 1. The SMILES string of the molecule is CC1CC(N2CCOCC2)CN1c1cnc(Br)cn1. The first-order valence-electron chi connectivity index (χ1n) is 6.80. The van der Waals surface area contributed by atoms with Crippen molar-refractivity contribution in [3.63, 3.8) is 0 Å². The van der Waals surface area contributed by atoms with Crippen LogP contribution in [0.1, 0.15) is 13.3 Å². The topological polar surface area (TPSA) is 41.5 Å². The van der Waals surface area contributed by atoms with Crippen molar-refractivity contribution in [2.45, 2.75) is 25.4 Å². The summed E-state index contributed by atoms with van der Waals surface area (Å²) in [6.07, 6.45) is 4.81. The summed E-state index contributed by atoms with van der Waals surface area (Å²) in [4.78, 5) is 13.6. The second-order valence-corrected chi connectivity index (χ2v) is 6.05. The van der Waals surface area contributed by atoms with Gasteiger partial charge in [-0.25, -0.2) is 9.97 Å². The van der Waals surface area contributed by atoms with Crippen molar-refractivity contribution in [2.75, 3.05) is 37.7 Å². The van der Waals surface area contributed by atoms with E-state index in [1.807, 2.05) is 6.20 Å². The van der Waals surface area contributed by atoms with E-state index in [2.05, 4.69) is 42.6 Å². The van der Waals surface area contributed by atoms with Gasteiger partial charge in [0, 0.05) is 31.7 Å². The van der Waals surface area contributed by atoms with Crippen molar-refractivity contribution < 1.29 is 4.74 Å². The van der Waals surface area contributed by atoms with E-state index in [0.29, 0.717) is 12.1 Å². The number of rotatable bonds is 2. The lowest BCUT2D eigenvalue weighted by molar-refractivity contribution is 0.0204. The molecule has 2 atom stereocenters. The van der Waals surface area contributed by atoms with E-state index in [4.69, 9.17) is 4.74 Å². The lowest BCUT2D eigenvalue weighted by Gasteiger charge is -2.32. The molecule has 0 saturated carbocycles. The molecule has 5 nitrogen and oxygen atoms in total. The van der Waals surface area contributed by atoms with E-state index in [1.165, 1.54) is 6.42 Å². The van der Waals surface area contributed by atoms with Crippen LogP contribution in [-0.4, -0.2) is 59.8 Å². The molecule has 2 aliphatic rings. The van der Waals surface area contributed by atoms with Gasteiger partial charge in [-0.1, -0.05) is 0 Å². The van der Waals surface area contributed by atoms with E-state index < -0.39 is 0 Å². The summed E-state index contributed by atoms with van der Waals surface area (Å²) in [5.74, 6) is 0.978. The Hall–Kier alpha value is -0.720. The summed E-state index contributed by atoms with van der Waals surface area (Å²) in [5.41, 5.74) is 0. The minimum absolute atomic E-state index is 0.517. The molecule has 2 unspecified atom stereocenters. The maximum Gasteiger partial charge on any atom is 0.147 e. The van der Waals surface area contributed by atoms with Crippen molar-refractivity contribution >= 4 is 21.7 Å². The molecular weight excluding hydrogens is 308 g/mol. The molecule has 3 heterocycles. The van der Waals surface area contributed by atoms with E-state index in [1.54, 1.807) is 6.20 Å². The Morgan fingerprint density at radius 3 is 2.74 bits per heavy atom.